The first-order chi connectivity index (χ1) is 13.6. The molecular weight excluding hydrogens is 476 g/mol. The second-order valence-corrected chi connectivity index (χ2v) is 8.64. The summed E-state index contributed by atoms with van der Waals surface area (Å²) in [6.45, 7) is 0. The number of hydrogen-bond acceptors (Lipinski definition) is 1. The Bertz CT molecular complexity index is 1110. The Labute approximate surface area is 181 Å². The highest BCUT2D eigenvalue weighted by Crippen LogP contribution is 2.35. The van der Waals surface area contributed by atoms with Crippen molar-refractivity contribution < 1.29 is 4.79 Å². The Balaban J connectivity index is 1.79. The van der Waals surface area contributed by atoms with Crippen LogP contribution in [0.25, 0.3) is 10.8 Å². The van der Waals surface area contributed by atoms with Gasteiger partial charge < -0.3 is 0 Å². The van der Waals surface area contributed by atoms with E-state index in [9.17, 15) is 4.79 Å². The van der Waals surface area contributed by atoms with Crippen molar-refractivity contribution in [2.45, 2.75) is 12.3 Å². The lowest BCUT2D eigenvalue weighted by atomic mass is 9.83. The summed E-state index contributed by atoms with van der Waals surface area (Å²) >= 11 is 6.95. The van der Waals surface area contributed by atoms with Gasteiger partial charge in [0.2, 0.25) is 0 Å². The van der Waals surface area contributed by atoms with Gasteiger partial charge >= 0.3 is 0 Å². The summed E-state index contributed by atoms with van der Waals surface area (Å²) in [6, 6.07) is 30.6. The number of Topliss-reactive ketones (excluding diaryl/α,β-unsaturated/α-hetero) is 1. The van der Waals surface area contributed by atoms with E-state index in [0.717, 1.165) is 20.1 Å². The van der Waals surface area contributed by atoms with Crippen LogP contribution >= 0.6 is 31.9 Å². The smallest absolute Gasteiger partial charge is 0.163 e. The Kier molecular flexibility index (Phi) is 5.74. The molecule has 0 aliphatic heterocycles. The Morgan fingerprint density at radius 3 is 2.04 bits per heavy atom. The van der Waals surface area contributed by atoms with Gasteiger partial charge in [-0.25, -0.2) is 0 Å². The Hall–Kier alpha value is -2.23. The zero-order chi connectivity index (χ0) is 19.5. The van der Waals surface area contributed by atoms with E-state index in [-0.39, 0.29) is 11.7 Å². The van der Waals surface area contributed by atoms with Crippen LogP contribution in [0.3, 0.4) is 0 Å². The van der Waals surface area contributed by atoms with E-state index in [1.807, 2.05) is 42.5 Å². The maximum Gasteiger partial charge on any atom is 0.163 e. The van der Waals surface area contributed by atoms with Crippen molar-refractivity contribution in [3.63, 3.8) is 0 Å². The van der Waals surface area contributed by atoms with Crippen LogP contribution in [0.4, 0.5) is 0 Å². The molecule has 138 valence electrons. The molecule has 0 N–H and O–H groups in total. The summed E-state index contributed by atoms with van der Waals surface area (Å²) in [6.07, 6.45) is 0.428. The minimum Gasteiger partial charge on any atom is -0.294 e. The largest absolute Gasteiger partial charge is 0.294 e. The molecule has 0 amide bonds. The summed E-state index contributed by atoms with van der Waals surface area (Å²) in [7, 11) is 0. The average Bonchev–Trinajstić information content (AvgIpc) is 2.73. The number of carbonyl (C=O) groups excluding carboxylic acids is 1. The lowest BCUT2D eigenvalue weighted by molar-refractivity contribution is 0.0978. The van der Waals surface area contributed by atoms with Crippen molar-refractivity contribution in [2.24, 2.45) is 0 Å². The molecule has 0 heterocycles. The SMILES string of the molecule is O=C(C[C@H](c1ccc(Br)cc1)c1cccc2ccccc12)c1ccc(Br)cc1. The van der Waals surface area contributed by atoms with E-state index in [1.165, 1.54) is 16.3 Å². The van der Waals surface area contributed by atoms with Crippen molar-refractivity contribution in [3.8, 4) is 0 Å². The first kappa shape index (κ1) is 19.1. The lowest BCUT2D eigenvalue weighted by Crippen LogP contribution is -2.10. The predicted molar refractivity (Wildman–Crippen MR) is 123 cm³/mol. The molecular formula is C25H18Br2O. The molecule has 0 bridgehead atoms. The standard InChI is InChI=1S/C25H18Br2O/c26-20-12-8-18(9-13-20)24(16-25(28)19-10-14-21(27)15-11-19)23-7-3-5-17-4-1-2-6-22(17)23/h1-15,24H,16H2/t24-/m1/s1. The third-order valence-electron chi connectivity index (χ3n) is 5.03. The minimum absolute atomic E-state index is 0.00431. The number of hydrogen-bond donors (Lipinski definition) is 0. The van der Waals surface area contributed by atoms with Gasteiger partial charge in [0.25, 0.3) is 0 Å². The first-order valence-electron chi connectivity index (χ1n) is 9.14. The molecule has 0 fully saturated rings. The molecule has 0 saturated heterocycles. The number of rotatable bonds is 5. The fourth-order valence-electron chi connectivity index (χ4n) is 3.60. The summed E-state index contributed by atoms with van der Waals surface area (Å²) in [5.74, 6) is 0.142. The summed E-state index contributed by atoms with van der Waals surface area (Å²) in [5.41, 5.74) is 3.07. The third kappa shape index (κ3) is 4.11. The summed E-state index contributed by atoms with van der Waals surface area (Å²) in [5, 5.41) is 2.39. The lowest BCUT2D eigenvalue weighted by Gasteiger charge is -2.20. The van der Waals surface area contributed by atoms with Crippen molar-refractivity contribution >= 4 is 48.4 Å². The van der Waals surface area contributed by atoms with Gasteiger partial charge in [-0.1, -0.05) is 98.6 Å². The van der Waals surface area contributed by atoms with E-state index >= 15 is 0 Å². The van der Waals surface area contributed by atoms with Crippen LogP contribution in [-0.2, 0) is 0 Å². The van der Waals surface area contributed by atoms with Crippen LogP contribution in [0.1, 0.15) is 33.8 Å². The monoisotopic (exact) mass is 492 g/mol. The summed E-state index contributed by atoms with van der Waals surface area (Å²) < 4.78 is 2.01. The zero-order valence-corrected chi connectivity index (χ0v) is 18.3. The van der Waals surface area contributed by atoms with Crippen LogP contribution in [-0.4, -0.2) is 5.78 Å². The van der Waals surface area contributed by atoms with Crippen LogP contribution < -0.4 is 0 Å². The average molecular weight is 494 g/mol. The second kappa shape index (κ2) is 8.42. The predicted octanol–water partition coefficient (Wildman–Crippen LogP) is 7.77. The molecule has 4 aromatic rings. The van der Waals surface area contributed by atoms with E-state index in [0.29, 0.717) is 6.42 Å². The molecule has 0 saturated carbocycles. The molecule has 0 unspecified atom stereocenters. The number of ketones is 1. The Morgan fingerprint density at radius 1 is 0.714 bits per heavy atom. The molecule has 0 radical (unpaired) electrons. The van der Waals surface area contributed by atoms with E-state index < -0.39 is 0 Å². The topological polar surface area (TPSA) is 17.1 Å². The summed E-state index contributed by atoms with van der Waals surface area (Å²) in [4.78, 5) is 13.1. The third-order valence-corrected chi connectivity index (χ3v) is 6.08. The molecule has 0 aromatic heterocycles. The van der Waals surface area contributed by atoms with E-state index in [1.54, 1.807) is 0 Å². The Morgan fingerprint density at radius 2 is 1.32 bits per heavy atom. The van der Waals surface area contributed by atoms with Crippen molar-refractivity contribution in [1.82, 2.24) is 0 Å². The first-order valence-corrected chi connectivity index (χ1v) is 10.7. The van der Waals surface area contributed by atoms with E-state index in [2.05, 4.69) is 80.4 Å². The fourth-order valence-corrected chi connectivity index (χ4v) is 4.12. The van der Waals surface area contributed by atoms with Gasteiger partial charge in [-0.15, -0.1) is 0 Å². The van der Waals surface area contributed by atoms with Crippen LogP contribution in [0, 0.1) is 0 Å². The maximum absolute atomic E-state index is 13.1. The molecule has 1 nitrogen and oxygen atoms in total. The highest BCUT2D eigenvalue weighted by molar-refractivity contribution is 9.10. The second-order valence-electron chi connectivity index (χ2n) is 6.81. The van der Waals surface area contributed by atoms with Gasteiger partial charge in [0.05, 0.1) is 0 Å². The van der Waals surface area contributed by atoms with Crippen LogP contribution in [0.5, 0.6) is 0 Å². The number of fused-ring (bicyclic) bond motifs is 1. The van der Waals surface area contributed by atoms with Gasteiger partial charge in [0, 0.05) is 26.8 Å². The van der Waals surface area contributed by atoms with Crippen molar-refractivity contribution in [3.05, 3.63) is 117 Å². The highest BCUT2D eigenvalue weighted by Gasteiger charge is 2.21. The molecule has 28 heavy (non-hydrogen) atoms. The minimum atomic E-state index is -0.00431. The fraction of sp³-hybridized carbons (Fsp3) is 0.0800. The molecule has 0 aliphatic carbocycles. The zero-order valence-electron chi connectivity index (χ0n) is 15.1. The van der Waals surface area contributed by atoms with E-state index in [4.69, 9.17) is 0 Å². The van der Waals surface area contributed by atoms with Crippen LogP contribution in [0.15, 0.2) is 99.9 Å². The molecule has 0 aliphatic rings. The molecule has 4 aromatic carbocycles. The molecule has 4 rings (SSSR count). The van der Waals surface area contributed by atoms with Crippen molar-refractivity contribution in [2.75, 3.05) is 0 Å². The van der Waals surface area contributed by atoms with Crippen LogP contribution in [0.2, 0.25) is 0 Å². The molecule has 0 spiro atoms. The van der Waals surface area contributed by atoms with Gasteiger partial charge in [0.1, 0.15) is 0 Å². The number of halogens is 2. The van der Waals surface area contributed by atoms with Crippen molar-refractivity contribution in [1.29, 1.82) is 0 Å². The van der Waals surface area contributed by atoms with Gasteiger partial charge in [-0.3, -0.25) is 4.79 Å². The molecule has 1 atom stereocenters. The normalized spacial score (nSPS) is 12.1. The number of carbonyl (C=O) groups is 1. The van der Waals surface area contributed by atoms with Gasteiger partial charge in [0.15, 0.2) is 5.78 Å². The van der Waals surface area contributed by atoms with Gasteiger partial charge in [-0.05, 0) is 46.2 Å². The van der Waals surface area contributed by atoms with Gasteiger partial charge in [-0.2, -0.15) is 0 Å². The maximum atomic E-state index is 13.1. The molecule has 3 heteroatoms. The highest BCUT2D eigenvalue weighted by atomic mass is 79.9. The number of benzene rings is 4. The quantitative estimate of drug-likeness (QED) is 0.259.